The lowest BCUT2D eigenvalue weighted by Gasteiger charge is -2.22. The number of ether oxygens (including phenoxy) is 1. The second-order valence-corrected chi connectivity index (χ2v) is 4.87. The van der Waals surface area contributed by atoms with Gasteiger partial charge < -0.3 is 19.9 Å². The van der Waals surface area contributed by atoms with Gasteiger partial charge in [-0.25, -0.2) is 0 Å². The first-order valence-electron chi connectivity index (χ1n) is 7.26. The van der Waals surface area contributed by atoms with Crippen LogP contribution >= 0.6 is 0 Å². The SMILES string of the molecule is CCN(CCCNC)CCCN(C)CCC(=O)OC.[HH]. The third-order valence-electron chi connectivity index (χ3n) is 3.29. The molecular formula is C14H33N3O2. The highest BCUT2D eigenvalue weighted by Crippen LogP contribution is 1.97. The van der Waals surface area contributed by atoms with Crippen LogP contribution in [0.15, 0.2) is 0 Å². The van der Waals surface area contributed by atoms with E-state index in [2.05, 4.69) is 33.8 Å². The van der Waals surface area contributed by atoms with Crippen LogP contribution in [0.1, 0.15) is 27.6 Å². The third kappa shape index (κ3) is 10.9. The molecule has 0 spiro atoms. The van der Waals surface area contributed by atoms with Gasteiger partial charge in [-0.1, -0.05) is 6.92 Å². The summed E-state index contributed by atoms with van der Waals surface area (Å²) in [5, 5.41) is 3.18. The maximum Gasteiger partial charge on any atom is 0.306 e. The Kier molecular flexibility index (Phi) is 12.0. The molecular weight excluding hydrogens is 242 g/mol. The van der Waals surface area contributed by atoms with Crippen molar-refractivity contribution in [2.24, 2.45) is 0 Å². The van der Waals surface area contributed by atoms with Crippen molar-refractivity contribution in [2.75, 3.05) is 60.5 Å². The van der Waals surface area contributed by atoms with Crippen molar-refractivity contribution >= 4 is 5.97 Å². The van der Waals surface area contributed by atoms with E-state index in [9.17, 15) is 4.79 Å². The summed E-state index contributed by atoms with van der Waals surface area (Å²) in [6, 6.07) is 0. The fourth-order valence-corrected chi connectivity index (χ4v) is 1.97. The molecule has 0 atom stereocenters. The van der Waals surface area contributed by atoms with Gasteiger partial charge in [0.25, 0.3) is 0 Å². The Labute approximate surface area is 119 Å². The fourth-order valence-electron chi connectivity index (χ4n) is 1.97. The molecule has 0 aliphatic carbocycles. The summed E-state index contributed by atoms with van der Waals surface area (Å²) < 4.78 is 4.64. The second-order valence-electron chi connectivity index (χ2n) is 4.87. The predicted molar refractivity (Wildman–Crippen MR) is 81.5 cm³/mol. The second kappa shape index (κ2) is 12.4. The van der Waals surface area contributed by atoms with Gasteiger partial charge in [0.2, 0.25) is 0 Å². The van der Waals surface area contributed by atoms with Crippen LogP contribution in [0.4, 0.5) is 0 Å². The number of nitrogens with one attached hydrogen (secondary N) is 1. The summed E-state index contributed by atoms with van der Waals surface area (Å²) in [7, 11) is 5.49. The van der Waals surface area contributed by atoms with Crippen molar-refractivity contribution in [3.05, 3.63) is 0 Å². The molecule has 0 heterocycles. The Bertz CT molecular complexity index is 230. The first-order valence-corrected chi connectivity index (χ1v) is 7.26. The van der Waals surface area contributed by atoms with Gasteiger partial charge in [0, 0.05) is 7.97 Å². The summed E-state index contributed by atoms with van der Waals surface area (Å²) >= 11 is 0. The lowest BCUT2D eigenvalue weighted by atomic mass is 10.3. The Morgan fingerprint density at radius 3 is 2.47 bits per heavy atom. The van der Waals surface area contributed by atoms with E-state index in [4.69, 9.17) is 0 Å². The van der Waals surface area contributed by atoms with Crippen LogP contribution < -0.4 is 5.32 Å². The molecule has 0 aromatic rings. The number of hydrogen-bond acceptors (Lipinski definition) is 5. The number of hydrogen-bond donors (Lipinski definition) is 1. The van der Waals surface area contributed by atoms with Crippen LogP contribution in [0.5, 0.6) is 0 Å². The van der Waals surface area contributed by atoms with Crippen LogP contribution in [0.25, 0.3) is 0 Å². The molecule has 0 unspecified atom stereocenters. The average molecular weight is 275 g/mol. The minimum absolute atomic E-state index is 0. The van der Waals surface area contributed by atoms with Crippen LogP contribution in [-0.4, -0.2) is 76.2 Å². The number of carbonyl (C=O) groups excluding carboxylic acids is 1. The molecule has 0 aromatic carbocycles. The zero-order valence-corrected chi connectivity index (χ0v) is 13.1. The molecule has 0 rings (SSSR count). The Morgan fingerprint density at radius 2 is 1.89 bits per heavy atom. The molecule has 5 heteroatoms. The van der Waals surface area contributed by atoms with Crippen LogP contribution in [0.3, 0.4) is 0 Å². The quantitative estimate of drug-likeness (QED) is 0.426. The minimum atomic E-state index is -0.130. The number of methoxy groups -OCH3 is 1. The number of nitrogens with zero attached hydrogens (tertiary/aromatic N) is 2. The molecule has 0 saturated heterocycles. The van der Waals surface area contributed by atoms with Gasteiger partial charge in [-0.2, -0.15) is 0 Å². The lowest BCUT2D eigenvalue weighted by Crippen LogP contribution is -2.31. The van der Waals surface area contributed by atoms with Crippen molar-refractivity contribution in [3.8, 4) is 0 Å². The van der Waals surface area contributed by atoms with Gasteiger partial charge in [0.15, 0.2) is 0 Å². The van der Waals surface area contributed by atoms with Gasteiger partial charge in [0.1, 0.15) is 0 Å². The highest BCUT2D eigenvalue weighted by atomic mass is 16.5. The normalized spacial score (nSPS) is 11.3. The van der Waals surface area contributed by atoms with Crippen molar-refractivity contribution in [3.63, 3.8) is 0 Å². The van der Waals surface area contributed by atoms with Crippen molar-refractivity contribution in [2.45, 2.75) is 26.2 Å². The van der Waals surface area contributed by atoms with Gasteiger partial charge in [0.05, 0.1) is 13.5 Å². The van der Waals surface area contributed by atoms with E-state index in [-0.39, 0.29) is 7.40 Å². The third-order valence-corrected chi connectivity index (χ3v) is 3.29. The topological polar surface area (TPSA) is 44.8 Å². The first kappa shape index (κ1) is 18.4. The zero-order valence-electron chi connectivity index (χ0n) is 13.1. The summed E-state index contributed by atoms with van der Waals surface area (Å²) in [6.45, 7) is 8.48. The summed E-state index contributed by atoms with van der Waals surface area (Å²) in [6.07, 6.45) is 2.82. The van der Waals surface area contributed by atoms with Crippen LogP contribution in [0.2, 0.25) is 0 Å². The van der Waals surface area contributed by atoms with E-state index >= 15 is 0 Å². The molecule has 0 fully saturated rings. The molecule has 0 aliphatic rings. The van der Waals surface area contributed by atoms with E-state index < -0.39 is 0 Å². The Hall–Kier alpha value is -0.650. The van der Waals surface area contributed by atoms with E-state index in [0.717, 1.165) is 45.7 Å². The average Bonchev–Trinajstić information content (AvgIpc) is 2.43. The monoisotopic (exact) mass is 275 g/mol. The summed E-state index contributed by atoms with van der Waals surface area (Å²) in [4.78, 5) is 15.7. The molecule has 0 aromatic heterocycles. The summed E-state index contributed by atoms with van der Waals surface area (Å²) in [5.41, 5.74) is 0. The molecule has 0 radical (unpaired) electrons. The van der Waals surface area contributed by atoms with Crippen molar-refractivity contribution < 1.29 is 11.0 Å². The van der Waals surface area contributed by atoms with Gasteiger partial charge in [-0.15, -0.1) is 0 Å². The van der Waals surface area contributed by atoms with E-state index in [1.165, 1.54) is 13.5 Å². The van der Waals surface area contributed by atoms with Crippen molar-refractivity contribution in [1.29, 1.82) is 0 Å². The summed E-state index contributed by atoms with van der Waals surface area (Å²) in [5.74, 6) is -0.130. The number of esters is 1. The first-order chi connectivity index (χ1) is 9.13. The molecule has 0 aliphatic heterocycles. The fraction of sp³-hybridized carbons (Fsp3) is 0.929. The Balaban J connectivity index is 0. The van der Waals surface area contributed by atoms with E-state index in [1.807, 2.05) is 7.05 Å². The van der Waals surface area contributed by atoms with Gasteiger partial charge >= 0.3 is 5.97 Å². The highest BCUT2D eigenvalue weighted by molar-refractivity contribution is 5.69. The lowest BCUT2D eigenvalue weighted by molar-refractivity contribution is -0.140. The standard InChI is InChI=1S/C14H31N3O2.H2/c1-5-17(11-6-9-15-2)12-7-10-16(3)13-8-14(18)19-4;/h15H,5-13H2,1-4H3;1H. The zero-order chi connectivity index (χ0) is 14.5. The molecule has 1 N–H and O–H groups in total. The molecule has 0 saturated carbocycles. The predicted octanol–water partition coefficient (Wildman–Crippen LogP) is 1.05. The molecule has 19 heavy (non-hydrogen) atoms. The molecule has 5 nitrogen and oxygen atoms in total. The van der Waals surface area contributed by atoms with E-state index in [0.29, 0.717) is 6.42 Å². The Morgan fingerprint density at radius 1 is 1.21 bits per heavy atom. The largest absolute Gasteiger partial charge is 0.469 e. The highest BCUT2D eigenvalue weighted by Gasteiger charge is 2.06. The van der Waals surface area contributed by atoms with Gasteiger partial charge in [-0.05, 0) is 59.7 Å². The van der Waals surface area contributed by atoms with Crippen molar-refractivity contribution in [1.82, 2.24) is 15.1 Å². The van der Waals surface area contributed by atoms with Crippen LogP contribution in [-0.2, 0) is 9.53 Å². The van der Waals surface area contributed by atoms with E-state index in [1.54, 1.807) is 0 Å². The molecule has 116 valence electrons. The number of rotatable bonds is 12. The van der Waals surface area contributed by atoms with Crippen LogP contribution in [0, 0.1) is 0 Å². The van der Waals surface area contributed by atoms with Gasteiger partial charge in [-0.3, -0.25) is 4.79 Å². The molecule has 0 amide bonds. The maximum atomic E-state index is 11.0. The molecule has 0 bridgehead atoms. The minimum Gasteiger partial charge on any atom is -0.469 e. The number of carbonyl (C=O) groups is 1. The maximum absolute atomic E-state index is 11.0. The smallest absolute Gasteiger partial charge is 0.306 e.